The maximum absolute atomic E-state index is 11.9. The number of hydrogen-bond donors (Lipinski definition) is 2. The minimum absolute atomic E-state index is 0.112. The van der Waals surface area contributed by atoms with E-state index in [1.165, 1.54) is 12.4 Å². The minimum Gasteiger partial charge on any atom is -0.382 e. The second-order valence-corrected chi connectivity index (χ2v) is 4.54. The number of carbonyl (C=O) groups is 1. The van der Waals surface area contributed by atoms with Crippen molar-refractivity contribution in [1.29, 1.82) is 0 Å². The number of nitrogens with zero attached hydrogens (tertiary/aromatic N) is 2. The fourth-order valence-electron chi connectivity index (χ4n) is 2.07. The van der Waals surface area contributed by atoms with Gasteiger partial charge in [0, 0.05) is 19.3 Å². The number of anilines is 1. The van der Waals surface area contributed by atoms with Gasteiger partial charge in [0.25, 0.3) is 5.91 Å². The number of nitrogens with one attached hydrogen (secondary N) is 1. The summed E-state index contributed by atoms with van der Waals surface area (Å²) in [6.45, 7) is 3.55. The molecule has 1 fully saturated rings. The largest absolute Gasteiger partial charge is 0.382 e. The molecule has 1 unspecified atom stereocenters. The van der Waals surface area contributed by atoms with E-state index in [0.29, 0.717) is 17.4 Å². The van der Waals surface area contributed by atoms with Crippen LogP contribution in [0.1, 0.15) is 30.3 Å². The maximum Gasteiger partial charge on any atom is 0.271 e. The number of ether oxygens (including phenoxy) is 1. The van der Waals surface area contributed by atoms with Gasteiger partial charge in [0.2, 0.25) is 0 Å². The Morgan fingerprint density at radius 3 is 2.78 bits per heavy atom. The Morgan fingerprint density at radius 1 is 1.44 bits per heavy atom. The van der Waals surface area contributed by atoms with Gasteiger partial charge in [-0.3, -0.25) is 4.79 Å². The lowest BCUT2D eigenvalue weighted by Gasteiger charge is -2.28. The van der Waals surface area contributed by atoms with Crippen LogP contribution < -0.4 is 11.1 Å². The second kappa shape index (κ2) is 5.77. The molecule has 0 aromatic carbocycles. The van der Waals surface area contributed by atoms with Crippen molar-refractivity contribution in [2.75, 3.05) is 18.9 Å². The second-order valence-electron chi connectivity index (χ2n) is 4.54. The van der Waals surface area contributed by atoms with Crippen molar-refractivity contribution < 1.29 is 9.53 Å². The topological polar surface area (TPSA) is 90.1 Å². The maximum atomic E-state index is 11.9. The van der Waals surface area contributed by atoms with Gasteiger partial charge in [-0.2, -0.15) is 0 Å². The first-order chi connectivity index (χ1) is 8.66. The molecule has 98 valence electrons. The molecule has 18 heavy (non-hydrogen) atoms. The molecule has 1 aliphatic heterocycles. The predicted molar refractivity (Wildman–Crippen MR) is 66.9 cm³/mol. The van der Waals surface area contributed by atoms with E-state index in [4.69, 9.17) is 10.5 Å². The van der Waals surface area contributed by atoms with Gasteiger partial charge in [0.1, 0.15) is 11.5 Å². The third kappa shape index (κ3) is 3.16. The van der Waals surface area contributed by atoms with Crippen LogP contribution in [-0.2, 0) is 4.74 Å². The van der Waals surface area contributed by atoms with Gasteiger partial charge in [-0.1, -0.05) is 0 Å². The van der Waals surface area contributed by atoms with E-state index in [2.05, 4.69) is 15.3 Å². The third-order valence-electron chi connectivity index (χ3n) is 3.24. The molecule has 0 bridgehead atoms. The van der Waals surface area contributed by atoms with E-state index in [-0.39, 0.29) is 11.9 Å². The molecule has 2 rings (SSSR count). The zero-order chi connectivity index (χ0) is 13.0. The van der Waals surface area contributed by atoms with Crippen molar-refractivity contribution in [2.24, 2.45) is 5.92 Å². The van der Waals surface area contributed by atoms with Gasteiger partial charge in [-0.15, -0.1) is 0 Å². The van der Waals surface area contributed by atoms with E-state index in [1.54, 1.807) is 0 Å². The standard InChI is InChI=1S/C12H18N4O2/c1-8(9-2-4-18-5-3-9)16-12(17)10-6-15-11(13)7-14-10/h6-9H,2-5H2,1H3,(H2,13,15)(H,16,17). The predicted octanol–water partition coefficient (Wildman–Crippen LogP) is 0.604. The molecule has 1 aromatic heterocycles. The number of rotatable bonds is 3. The van der Waals surface area contributed by atoms with Crippen LogP contribution in [0.4, 0.5) is 5.82 Å². The molecule has 0 aliphatic carbocycles. The molecular weight excluding hydrogens is 232 g/mol. The SMILES string of the molecule is CC(NC(=O)c1cnc(N)cn1)C1CCOCC1. The van der Waals surface area contributed by atoms with Crippen molar-refractivity contribution in [1.82, 2.24) is 15.3 Å². The quantitative estimate of drug-likeness (QED) is 0.820. The van der Waals surface area contributed by atoms with Gasteiger partial charge >= 0.3 is 0 Å². The zero-order valence-corrected chi connectivity index (χ0v) is 10.4. The van der Waals surface area contributed by atoms with Crippen LogP contribution in [0.3, 0.4) is 0 Å². The summed E-state index contributed by atoms with van der Waals surface area (Å²) in [4.78, 5) is 19.7. The summed E-state index contributed by atoms with van der Waals surface area (Å²) >= 11 is 0. The Balaban J connectivity index is 1.91. The first kappa shape index (κ1) is 12.8. The minimum atomic E-state index is -0.207. The lowest BCUT2D eigenvalue weighted by Crippen LogP contribution is -2.40. The Labute approximate surface area is 106 Å². The Bertz CT molecular complexity index is 401. The summed E-state index contributed by atoms with van der Waals surface area (Å²) in [5.74, 6) is 0.565. The fourth-order valence-corrected chi connectivity index (χ4v) is 2.07. The Hall–Kier alpha value is -1.69. The van der Waals surface area contributed by atoms with Crippen LogP contribution in [-0.4, -0.2) is 35.1 Å². The van der Waals surface area contributed by atoms with Gasteiger partial charge in [-0.25, -0.2) is 9.97 Å². The molecule has 6 heteroatoms. The summed E-state index contributed by atoms with van der Waals surface area (Å²) in [6, 6.07) is 0.112. The molecule has 3 N–H and O–H groups in total. The average Bonchev–Trinajstić information content (AvgIpc) is 2.40. The number of carbonyl (C=O) groups excluding carboxylic acids is 1. The fraction of sp³-hybridized carbons (Fsp3) is 0.583. The first-order valence-electron chi connectivity index (χ1n) is 6.13. The summed E-state index contributed by atoms with van der Waals surface area (Å²) in [7, 11) is 0. The van der Waals surface area contributed by atoms with Crippen LogP contribution >= 0.6 is 0 Å². The van der Waals surface area contributed by atoms with Crippen molar-refractivity contribution in [3.63, 3.8) is 0 Å². The molecular formula is C12H18N4O2. The van der Waals surface area contributed by atoms with Crippen molar-refractivity contribution in [3.8, 4) is 0 Å². The lowest BCUT2D eigenvalue weighted by molar-refractivity contribution is 0.0537. The van der Waals surface area contributed by atoms with Crippen LogP contribution in [0.25, 0.3) is 0 Å². The number of nitrogens with two attached hydrogens (primary N) is 1. The average molecular weight is 250 g/mol. The van der Waals surface area contributed by atoms with E-state index in [9.17, 15) is 4.79 Å². The molecule has 0 spiro atoms. The summed E-state index contributed by atoms with van der Waals surface area (Å²) < 4.78 is 5.30. The smallest absolute Gasteiger partial charge is 0.271 e. The normalized spacial score (nSPS) is 18.3. The number of hydrogen-bond acceptors (Lipinski definition) is 5. The lowest BCUT2D eigenvalue weighted by atomic mass is 9.93. The Kier molecular flexibility index (Phi) is 4.09. The van der Waals surface area contributed by atoms with Crippen LogP contribution in [0, 0.1) is 5.92 Å². The molecule has 1 amide bonds. The molecule has 0 radical (unpaired) electrons. The number of nitrogen functional groups attached to an aromatic ring is 1. The molecule has 1 aromatic rings. The summed E-state index contributed by atoms with van der Waals surface area (Å²) in [5.41, 5.74) is 5.72. The highest BCUT2D eigenvalue weighted by molar-refractivity contribution is 5.92. The van der Waals surface area contributed by atoms with Crippen molar-refractivity contribution in [3.05, 3.63) is 18.1 Å². The van der Waals surface area contributed by atoms with Crippen molar-refractivity contribution >= 4 is 11.7 Å². The molecule has 6 nitrogen and oxygen atoms in total. The van der Waals surface area contributed by atoms with Crippen molar-refractivity contribution in [2.45, 2.75) is 25.8 Å². The highest BCUT2D eigenvalue weighted by Gasteiger charge is 2.22. The van der Waals surface area contributed by atoms with E-state index < -0.39 is 0 Å². The number of aromatic nitrogens is 2. The van der Waals surface area contributed by atoms with E-state index in [0.717, 1.165) is 26.1 Å². The Morgan fingerprint density at radius 2 is 2.17 bits per heavy atom. The summed E-state index contributed by atoms with van der Waals surface area (Å²) in [5, 5.41) is 2.95. The molecule has 2 heterocycles. The zero-order valence-electron chi connectivity index (χ0n) is 10.4. The van der Waals surface area contributed by atoms with Gasteiger partial charge in [0.15, 0.2) is 0 Å². The van der Waals surface area contributed by atoms with Crippen LogP contribution in [0.2, 0.25) is 0 Å². The molecule has 0 saturated carbocycles. The third-order valence-corrected chi connectivity index (χ3v) is 3.24. The monoisotopic (exact) mass is 250 g/mol. The van der Waals surface area contributed by atoms with Gasteiger partial charge in [-0.05, 0) is 25.7 Å². The highest BCUT2D eigenvalue weighted by Crippen LogP contribution is 2.18. The summed E-state index contributed by atoms with van der Waals surface area (Å²) in [6.07, 6.45) is 4.74. The van der Waals surface area contributed by atoms with E-state index >= 15 is 0 Å². The van der Waals surface area contributed by atoms with E-state index in [1.807, 2.05) is 6.92 Å². The van der Waals surface area contributed by atoms with Crippen LogP contribution in [0.5, 0.6) is 0 Å². The number of amides is 1. The molecule has 1 aliphatic rings. The van der Waals surface area contributed by atoms with Crippen LogP contribution in [0.15, 0.2) is 12.4 Å². The first-order valence-corrected chi connectivity index (χ1v) is 6.13. The van der Waals surface area contributed by atoms with Gasteiger partial charge in [0.05, 0.1) is 12.4 Å². The van der Waals surface area contributed by atoms with Gasteiger partial charge < -0.3 is 15.8 Å². The molecule has 1 saturated heterocycles. The molecule has 1 atom stereocenters. The highest BCUT2D eigenvalue weighted by atomic mass is 16.5.